The van der Waals surface area contributed by atoms with Crippen LogP contribution in [-0.2, 0) is 9.59 Å². The molecular weight excluding hydrogens is 338 g/mol. The highest BCUT2D eigenvalue weighted by molar-refractivity contribution is 6.31. The summed E-state index contributed by atoms with van der Waals surface area (Å²) in [6, 6.07) is 5.81. The van der Waals surface area contributed by atoms with E-state index in [4.69, 9.17) is 11.6 Å². The van der Waals surface area contributed by atoms with Crippen molar-refractivity contribution >= 4 is 29.1 Å². The van der Waals surface area contributed by atoms with Crippen LogP contribution in [0.25, 0.3) is 0 Å². The summed E-state index contributed by atoms with van der Waals surface area (Å²) in [6.45, 7) is 2.21. The van der Waals surface area contributed by atoms with Gasteiger partial charge < -0.3 is 16.0 Å². The van der Waals surface area contributed by atoms with Crippen molar-refractivity contribution in [3.63, 3.8) is 0 Å². The Hall–Kier alpha value is -1.59. The molecule has 1 aromatic carbocycles. The van der Waals surface area contributed by atoms with Gasteiger partial charge in [-0.2, -0.15) is 0 Å². The fourth-order valence-electron chi connectivity index (χ4n) is 3.90. The summed E-state index contributed by atoms with van der Waals surface area (Å²) < 4.78 is 0. The Bertz CT molecular complexity index is 636. The van der Waals surface area contributed by atoms with Gasteiger partial charge in [-0.15, -0.1) is 0 Å². The van der Waals surface area contributed by atoms with Crippen molar-refractivity contribution < 1.29 is 9.59 Å². The summed E-state index contributed by atoms with van der Waals surface area (Å²) in [7, 11) is 0. The molecule has 5 nitrogen and oxygen atoms in total. The number of hydrogen-bond donors (Lipinski definition) is 3. The summed E-state index contributed by atoms with van der Waals surface area (Å²) in [4.78, 5) is 24.4. The number of halogens is 1. The number of benzene rings is 1. The molecule has 1 aliphatic heterocycles. The summed E-state index contributed by atoms with van der Waals surface area (Å²) in [5.41, 5.74) is 1.56. The number of fused-ring (bicyclic) bond motifs is 1. The van der Waals surface area contributed by atoms with Crippen LogP contribution in [0.3, 0.4) is 0 Å². The van der Waals surface area contributed by atoms with Crippen LogP contribution in [0.4, 0.5) is 5.69 Å². The molecular formula is C19H26ClN3O2. The van der Waals surface area contributed by atoms with Gasteiger partial charge in [-0.1, -0.05) is 30.5 Å². The Balaban J connectivity index is 1.41. The number of carbonyl (C=O) groups excluding carboxylic acids is 2. The van der Waals surface area contributed by atoms with E-state index in [9.17, 15) is 9.59 Å². The van der Waals surface area contributed by atoms with Crippen LogP contribution in [0.2, 0.25) is 5.02 Å². The minimum absolute atomic E-state index is 0.0149. The molecule has 1 saturated carbocycles. The van der Waals surface area contributed by atoms with Gasteiger partial charge in [0.25, 0.3) is 0 Å². The van der Waals surface area contributed by atoms with Crippen LogP contribution in [-0.4, -0.2) is 30.4 Å². The van der Waals surface area contributed by atoms with Crippen LogP contribution in [0, 0.1) is 12.8 Å². The van der Waals surface area contributed by atoms with Crippen LogP contribution >= 0.6 is 11.6 Å². The monoisotopic (exact) mass is 363 g/mol. The predicted octanol–water partition coefficient (Wildman–Crippen LogP) is 3.01. The van der Waals surface area contributed by atoms with E-state index in [1.807, 2.05) is 13.0 Å². The molecule has 1 heterocycles. The number of anilines is 1. The smallest absolute Gasteiger partial charge is 0.237 e. The highest BCUT2D eigenvalue weighted by atomic mass is 35.5. The third-order valence-corrected chi connectivity index (χ3v) is 5.78. The number of amides is 2. The minimum atomic E-state index is -0.126. The quantitative estimate of drug-likeness (QED) is 0.753. The number of nitrogens with one attached hydrogen (secondary N) is 3. The van der Waals surface area contributed by atoms with Crippen molar-refractivity contribution in [3.05, 3.63) is 28.8 Å². The van der Waals surface area contributed by atoms with Gasteiger partial charge in [-0.05, 0) is 49.8 Å². The van der Waals surface area contributed by atoms with Gasteiger partial charge in [0.2, 0.25) is 11.8 Å². The van der Waals surface area contributed by atoms with Crippen LogP contribution in [0.15, 0.2) is 18.2 Å². The molecule has 136 valence electrons. The van der Waals surface area contributed by atoms with Crippen molar-refractivity contribution in [1.82, 2.24) is 10.6 Å². The average Bonchev–Trinajstić information content (AvgIpc) is 3.03. The molecule has 1 aliphatic carbocycles. The Morgan fingerprint density at radius 1 is 1.28 bits per heavy atom. The van der Waals surface area contributed by atoms with E-state index < -0.39 is 0 Å². The molecule has 2 aliphatic rings. The van der Waals surface area contributed by atoms with Crippen molar-refractivity contribution in [2.75, 3.05) is 11.9 Å². The molecule has 3 N–H and O–H groups in total. The highest BCUT2D eigenvalue weighted by Gasteiger charge is 2.37. The lowest BCUT2D eigenvalue weighted by atomic mass is 9.85. The van der Waals surface area contributed by atoms with Crippen LogP contribution < -0.4 is 16.0 Å². The lowest BCUT2D eigenvalue weighted by molar-refractivity contribution is -0.123. The molecule has 1 saturated heterocycles. The van der Waals surface area contributed by atoms with Gasteiger partial charge in [-0.25, -0.2) is 0 Å². The Morgan fingerprint density at radius 3 is 2.88 bits per heavy atom. The van der Waals surface area contributed by atoms with E-state index in [0.717, 1.165) is 12.0 Å². The molecule has 0 aromatic heterocycles. The second-order valence-electron chi connectivity index (χ2n) is 7.11. The summed E-state index contributed by atoms with van der Waals surface area (Å²) in [6.07, 6.45) is 6.10. The first-order chi connectivity index (χ1) is 12.0. The molecule has 0 radical (unpaired) electrons. The van der Waals surface area contributed by atoms with E-state index in [0.29, 0.717) is 29.2 Å². The van der Waals surface area contributed by atoms with Gasteiger partial charge >= 0.3 is 0 Å². The van der Waals surface area contributed by atoms with E-state index in [1.54, 1.807) is 12.1 Å². The number of carbonyl (C=O) groups is 2. The maximum Gasteiger partial charge on any atom is 0.237 e. The fourth-order valence-corrected chi connectivity index (χ4v) is 4.07. The van der Waals surface area contributed by atoms with Gasteiger partial charge in [0.15, 0.2) is 0 Å². The zero-order chi connectivity index (χ0) is 17.8. The SMILES string of the molecule is Cc1c(Cl)cccc1NC(=O)CCNC(=O)C1CC2CCCCC2N1. The van der Waals surface area contributed by atoms with E-state index in [2.05, 4.69) is 16.0 Å². The Morgan fingerprint density at radius 2 is 2.08 bits per heavy atom. The maximum absolute atomic E-state index is 12.3. The second-order valence-corrected chi connectivity index (χ2v) is 7.51. The Labute approximate surface area is 153 Å². The third-order valence-electron chi connectivity index (χ3n) is 5.37. The topological polar surface area (TPSA) is 70.2 Å². The molecule has 2 amide bonds. The van der Waals surface area contributed by atoms with Gasteiger partial charge in [0.05, 0.1) is 6.04 Å². The summed E-state index contributed by atoms with van der Waals surface area (Å²) in [5, 5.41) is 9.82. The highest BCUT2D eigenvalue weighted by Crippen LogP contribution is 2.33. The van der Waals surface area contributed by atoms with Gasteiger partial charge in [0, 0.05) is 29.7 Å². The summed E-state index contributed by atoms with van der Waals surface area (Å²) in [5.74, 6) is 0.526. The first-order valence-electron chi connectivity index (χ1n) is 9.13. The third kappa shape index (κ3) is 4.53. The largest absolute Gasteiger partial charge is 0.354 e. The molecule has 0 bridgehead atoms. The zero-order valence-electron chi connectivity index (χ0n) is 14.6. The molecule has 3 atom stereocenters. The van der Waals surface area contributed by atoms with Crippen molar-refractivity contribution in [3.8, 4) is 0 Å². The summed E-state index contributed by atoms with van der Waals surface area (Å²) >= 11 is 6.05. The lowest BCUT2D eigenvalue weighted by Crippen LogP contribution is -2.43. The standard InChI is InChI=1S/C19H26ClN3O2/c1-12-14(20)6-4-8-15(12)23-18(24)9-10-21-19(25)17-11-13-5-2-3-7-16(13)22-17/h4,6,8,13,16-17,22H,2-3,5,7,9-11H2,1H3,(H,21,25)(H,23,24). The molecule has 2 fully saturated rings. The van der Waals surface area contributed by atoms with E-state index >= 15 is 0 Å². The van der Waals surface area contributed by atoms with Crippen molar-refractivity contribution in [2.24, 2.45) is 5.92 Å². The molecule has 25 heavy (non-hydrogen) atoms. The second kappa shape index (κ2) is 8.19. The van der Waals surface area contributed by atoms with E-state index in [1.165, 1.54) is 25.7 Å². The van der Waals surface area contributed by atoms with Crippen LogP contribution in [0.1, 0.15) is 44.1 Å². The van der Waals surface area contributed by atoms with Crippen LogP contribution in [0.5, 0.6) is 0 Å². The first-order valence-corrected chi connectivity index (χ1v) is 9.51. The van der Waals surface area contributed by atoms with Gasteiger partial charge in [-0.3, -0.25) is 9.59 Å². The maximum atomic E-state index is 12.3. The predicted molar refractivity (Wildman–Crippen MR) is 99.7 cm³/mol. The lowest BCUT2D eigenvalue weighted by Gasteiger charge is -2.24. The normalized spacial score (nSPS) is 25.3. The average molecular weight is 364 g/mol. The molecule has 3 unspecified atom stereocenters. The van der Waals surface area contributed by atoms with Gasteiger partial charge in [0.1, 0.15) is 0 Å². The number of hydrogen-bond acceptors (Lipinski definition) is 3. The molecule has 3 rings (SSSR count). The van der Waals surface area contributed by atoms with Crippen molar-refractivity contribution in [1.29, 1.82) is 0 Å². The number of rotatable bonds is 5. The minimum Gasteiger partial charge on any atom is -0.354 e. The first kappa shape index (κ1) is 18.2. The molecule has 1 aromatic rings. The molecule has 0 spiro atoms. The Kier molecular flexibility index (Phi) is 5.97. The molecule has 6 heteroatoms. The van der Waals surface area contributed by atoms with Crippen molar-refractivity contribution in [2.45, 2.75) is 57.5 Å². The fraction of sp³-hybridized carbons (Fsp3) is 0.579. The zero-order valence-corrected chi connectivity index (χ0v) is 15.4. The van der Waals surface area contributed by atoms with E-state index in [-0.39, 0.29) is 24.3 Å².